The van der Waals surface area contributed by atoms with Gasteiger partial charge < -0.3 is 14.2 Å². The fourth-order valence-corrected chi connectivity index (χ4v) is 4.69. The fourth-order valence-electron chi connectivity index (χ4n) is 4.31. The molecule has 0 spiro atoms. The normalized spacial score (nSPS) is 18.8. The Balaban J connectivity index is 1.48. The SMILES string of the molecule is CCCOc1ccc([C@@H]2Oc3ccc(Br)cc3[C@H]3CC(c4ccc(OCC)cc4)=NN32)cc1. The Hall–Kier alpha value is -2.99. The van der Waals surface area contributed by atoms with Crippen LogP contribution in [0, 0.1) is 0 Å². The molecule has 170 valence electrons. The smallest absolute Gasteiger partial charge is 0.213 e. The van der Waals surface area contributed by atoms with E-state index in [9.17, 15) is 0 Å². The van der Waals surface area contributed by atoms with Crippen molar-refractivity contribution < 1.29 is 14.2 Å². The molecule has 3 aromatic carbocycles. The third-order valence-electron chi connectivity index (χ3n) is 5.89. The zero-order valence-electron chi connectivity index (χ0n) is 18.8. The highest BCUT2D eigenvalue weighted by Gasteiger charge is 2.41. The Morgan fingerprint density at radius 3 is 2.42 bits per heavy atom. The lowest BCUT2D eigenvalue weighted by atomic mass is 9.96. The largest absolute Gasteiger partial charge is 0.494 e. The van der Waals surface area contributed by atoms with E-state index in [-0.39, 0.29) is 12.3 Å². The van der Waals surface area contributed by atoms with Gasteiger partial charge in [-0.2, -0.15) is 5.10 Å². The Morgan fingerprint density at radius 2 is 1.70 bits per heavy atom. The predicted octanol–water partition coefficient (Wildman–Crippen LogP) is 6.88. The van der Waals surface area contributed by atoms with E-state index in [0.717, 1.165) is 57.0 Å². The molecule has 0 aliphatic carbocycles. The molecular weight excluding hydrogens is 480 g/mol. The summed E-state index contributed by atoms with van der Waals surface area (Å²) in [7, 11) is 0. The maximum Gasteiger partial charge on any atom is 0.213 e. The number of halogens is 1. The first-order valence-corrected chi connectivity index (χ1v) is 12.2. The molecule has 6 heteroatoms. The van der Waals surface area contributed by atoms with Gasteiger partial charge in [-0.25, -0.2) is 5.01 Å². The molecule has 2 heterocycles. The number of fused-ring (bicyclic) bond motifs is 3. The Kier molecular flexibility index (Phi) is 6.27. The minimum Gasteiger partial charge on any atom is -0.494 e. The third-order valence-corrected chi connectivity index (χ3v) is 6.38. The monoisotopic (exact) mass is 506 g/mol. The molecular formula is C27H27BrN2O3. The van der Waals surface area contributed by atoms with Gasteiger partial charge in [-0.3, -0.25) is 0 Å². The summed E-state index contributed by atoms with van der Waals surface area (Å²) in [4.78, 5) is 0. The summed E-state index contributed by atoms with van der Waals surface area (Å²) in [5.41, 5.74) is 4.35. The molecule has 3 aromatic rings. The molecule has 0 saturated heterocycles. The molecule has 0 amide bonds. The number of rotatable bonds is 7. The van der Waals surface area contributed by atoms with Gasteiger partial charge in [-0.05, 0) is 85.6 Å². The first kappa shape index (κ1) is 21.8. The second-order valence-corrected chi connectivity index (χ2v) is 9.09. The summed E-state index contributed by atoms with van der Waals surface area (Å²) in [5.74, 6) is 2.65. The second kappa shape index (κ2) is 9.48. The van der Waals surface area contributed by atoms with E-state index >= 15 is 0 Å². The van der Waals surface area contributed by atoms with Crippen molar-refractivity contribution in [1.29, 1.82) is 0 Å². The summed E-state index contributed by atoms with van der Waals surface area (Å²) in [6.45, 7) is 5.47. The summed E-state index contributed by atoms with van der Waals surface area (Å²) in [6, 6.07) is 22.6. The molecule has 2 aliphatic rings. The second-order valence-electron chi connectivity index (χ2n) is 8.17. The van der Waals surface area contributed by atoms with E-state index in [1.54, 1.807) is 0 Å². The van der Waals surface area contributed by atoms with Crippen molar-refractivity contribution in [3.63, 3.8) is 0 Å². The van der Waals surface area contributed by atoms with Crippen molar-refractivity contribution in [2.75, 3.05) is 13.2 Å². The van der Waals surface area contributed by atoms with E-state index in [1.165, 1.54) is 0 Å². The Bertz CT molecular complexity index is 1150. The van der Waals surface area contributed by atoms with Gasteiger partial charge in [-0.1, -0.05) is 22.9 Å². The van der Waals surface area contributed by atoms with E-state index in [0.29, 0.717) is 13.2 Å². The molecule has 0 unspecified atom stereocenters. The highest BCUT2D eigenvalue weighted by Crippen LogP contribution is 2.48. The van der Waals surface area contributed by atoms with E-state index in [4.69, 9.17) is 19.3 Å². The standard InChI is InChI=1S/C27H27BrN2O3/c1-3-15-32-22-12-7-19(8-13-22)27-30-25(23-16-20(28)9-14-26(23)33-27)17-24(29-30)18-5-10-21(11-6-18)31-4-2/h5-14,16,25,27H,3-4,15,17H2,1-2H3/t25-,27+/m1/s1. The van der Waals surface area contributed by atoms with Crippen LogP contribution in [0.5, 0.6) is 17.2 Å². The highest BCUT2D eigenvalue weighted by molar-refractivity contribution is 9.10. The number of ether oxygens (including phenoxy) is 3. The quantitative estimate of drug-likeness (QED) is 0.350. The van der Waals surface area contributed by atoms with Gasteiger partial charge in [0.25, 0.3) is 0 Å². The fraction of sp³-hybridized carbons (Fsp3) is 0.296. The maximum atomic E-state index is 6.48. The zero-order chi connectivity index (χ0) is 22.8. The van der Waals surface area contributed by atoms with Crippen molar-refractivity contribution >= 4 is 21.6 Å². The molecule has 0 saturated carbocycles. The summed E-state index contributed by atoms with van der Waals surface area (Å²) < 4.78 is 18.9. The number of hydrogen-bond donors (Lipinski definition) is 0. The Morgan fingerprint density at radius 1 is 0.970 bits per heavy atom. The van der Waals surface area contributed by atoms with Gasteiger partial charge >= 0.3 is 0 Å². The van der Waals surface area contributed by atoms with Crippen LogP contribution in [-0.2, 0) is 0 Å². The lowest BCUT2D eigenvalue weighted by Gasteiger charge is -2.38. The van der Waals surface area contributed by atoms with Crippen LogP contribution in [-0.4, -0.2) is 23.9 Å². The molecule has 2 atom stereocenters. The van der Waals surface area contributed by atoms with E-state index in [1.807, 2.05) is 43.3 Å². The minimum atomic E-state index is -0.302. The first-order valence-electron chi connectivity index (χ1n) is 11.4. The number of benzene rings is 3. The van der Waals surface area contributed by atoms with Gasteiger partial charge in [0, 0.05) is 22.0 Å². The molecule has 0 N–H and O–H groups in total. The summed E-state index contributed by atoms with van der Waals surface area (Å²) >= 11 is 3.62. The number of hydrogen-bond acceptors (Lipinski definition) is 5. The van der Waals surface area contributed by atoms with Crippen LogP contribution in [0.25, 0.3) is 0 Å². The van der Waals surface area contributed by atoms with Gasteiger partial charge in [-0.15, -0.1) is 0 Å². The van der Waals surface area contributed by atoms with Crippen LogP contribution in [0.1, 0.15) is 55.6 Å². The first-order chi connectivity index (χ1) is 16.2. The van der Waals surface area contributed by atoms with Crippen LogP contribution in [0.4, 0.5) is 0 Å². The van der Waals surface area contributed by atoms with Crippen LogP contribution in [0.3, 0.4) is 0 Å². The lowest BCUT2D eigenvalue weighted by Crippen LogP contribution is -2.33. The molecule has 2 aliphatic heterocycles. The maximum absolute atomic E-state index is 6.48. The molecule has 0 bridgehead atoms. The highest BCUT2D eigenvalue weighted by atomic mass is 79.9. The molecule has 5 nitrogen and oxygen atoms in total. The van der Waals surface area contributed by atoms with Crippen molar-refractivity contribution in [2.45, 2.75) is 39.0 Å². The third kappa shape index (κ3) is 4.44. The van der Waals surface area contributed by atoms with Gasteiger partial charge in [0.2, 0.25) is 6.23 Å². The van der Waals surface area contributed by atoms with Crippen molar-refractivity contribution in [3.8, 4) is 17.2 Å². The predicted molar refractivity (Wildman–Crippen MR) is 133 cm³/mol. The van der Waals surface area contributed by atoms with E-state index < -0.39 is 0 Å². The van der Waals surface area contributed by atoms with Crippen molar-refractivity contribution in [3.05, 3.63) is 87.9 Å². The van der Waals surface area contributed by atoms with Crippen molar-refractivity contribution in [1.82, 2.24) is 5.01 Å². The van der Waals surface area contributed by atoms with Gasteiger partial charge in [0.05, 0.1) is 25.0 Å². The van der Waals surface area contributed by atoms with Crippen LogP contribution in [0.15, 0.2) is 76.3 Å². The zero-order valence-corrected chi connectivity index (χ0v) is 20.4. The molecule has 0 radical (unpaired) electrons. The van der Waals surface area contributed by atoms with Crippen LogP contribution < -0.4 is 14.2 Å². The molecule has 5 rings (SSSR count). The van der Waals surface area contributed by atoms with E-state index in [2.05, 4.69) is 58.2 Å². The number of hydrazone groups is 1. The van der Waals surface area contributed by atoms with Crippen molar-refractivity contribution in [2.24, 2.45) is 5.10 Å². The average molecular weight is 507 g/mol. The minimum absolute atomic E-state index is 0.105. The van der Waals surface area contributed by atoms with Gasteiger partial charge in [0.15, 0.2) is 0 Å². The lowest BCUT2D eigenvalue weighted by molar-refractivity contribution is -0.0191. The Labute approximate surface area is 203 Å². The number of nitrogens with zero attached hydrogens (tertiary/aromatic N) is 2. The summed E-state index contributed by atoms with van der Waals surface area (Å²) in [6.07, 6.45) is 1.50. The molecule has 0 fully saturated rings. The topological polar surface area (TPSA) is 43.3 Å². The average Bonchev–Trinajstić information content (AvgIpc) is 3.29. The molecule has 33 heavy (non-hydrogen) atoms. The summed E-state index contributed by atoms with van der Waals surface area (Å²) in [5, 5.41) is 7.15. The van der Waals surface area contributed by atoms with Gasteiger partial charge in [0.1, 0.15) is 17.2 Å². The van der Waals surface area contributed by atoms with Crippen LogP contribution in [0.2, 0.25) is 0 Å². The molecule has 0 aromatic heterocycles. The van der Waals surface area contributed by atoms with Crippen LogP contribution >= 0.6 is 15.9 Å².